The number of nitrogens with zero attached hydrogens (tertiary/aromatic N) is 1. The minimum atomic E-state index is -4.71. The third-order valence-electron chi connectivity index (χ3n) is 2.56. The number of carbonyl (C=O) groups is 1. The van der Waals surface area contributed by atoms with Crippen LogP contribution < -0.4 is 0 Å². The van der Waals surface area contributed by atoms with Gasteiger partial charge in [0.1, 0.15) is 6.04 Å². The van der Waals surface area contributed by atoms with Crippen LogP contribution in [0.3, 0.4) is 0 Å². The molecule has 0 radical (unpaired) electrons. The monoisotopic (exact) mass is 271 g/mol. The van der Waals surface area contributed by atoms with Crippen molar-refractivity contribution < 1.29 is 26.7 Å². The van der Waals surface area contributed by atoms with Crippen LogP contribution in [-0.2, 0) is 19.6 Å². The summed E-state index contributed by atoms with van der Waals surface area (Å²) in [5.74, 6) is -4.26. The first-order valence-electron chi connectivity index (χ1n) is 5.36. The number of halogens is 2. The highest BCUT2D eigenvalue weighted by Crippen LogP contribution is 2.24. The molecule has 17 heavy (non-hydrogen) atoms. The second-order valence-electron chi connectivity index (χ2n) is 3.68. The van der Waals surface area contributed by atoms with Crippen molar-refractivity contribution in [2.24, 2.45) is 0 Å². The van der Waals surface area contributed by atoms with Gasteiger partial charge in [-0.2, -0.15) is 13.1 Å². The van der Waals surface area contributed by atoms with Crippen LogP contribution in [0.2, 0.25) is 0 Å². The van der Waals surface area contributed by atoms with E-state index in [1.807, 2.05) is 0 Å². The van der Waals surface area contributed by atoms with E-state index in [2.05, 4.69) is 0 Å². The lowest BCUT2D eigenvalue weighted by Crippen LogP contribution is -2.50. The molecule has 1 saturated heterocycles. The van der Waals surface area contributed by atoms with E-state index in [0.717, 1.165) is 0 Å². The fourth-order valence-electron chi connectivity index (χ4n) is 1.79. The van der Waals surface area contributed by atoms with Crippen molar-refractivity contribution in [1.82, 2.24) is 4.31 Å². The average Bonchev–Trinajstić information content (AvgIpc) is 2.29. The van der Waals surface area contributed by atoms with Crippen LogP contribution in [0, 0.1) is 0 Å². The van der Waals surface area contributed by atoms with E-state index in [-0.39, 0.29) is 19.6 Å². The lowest BCUT2D eigenvalue weighted by molar-refractivity contribution is -0.148. The molecule has 0 aliphatic carbocycles. The molecule has 1 aliphatic heterocycles. The van der Waals surface area contributed by atoms with E-state index >= 15 is 0 Å². The Kier molecular flexibility index (Phi) is 4.81. The summed E-state index contributed by atoms with van der Waals surface area (Å²) in [4.78, 5) is 11.5. The number of ether oxygens (including phenoxy) is 1. The molecule has 0 saturated carbocycles. The van der Waals surface area contributed by atoms with E-state index in [0.29, 0.717) is 17.1 Å². The quantitative estimate of drug-likeness (QED) is 0.714. The number of hydrogen-bond donors (Lipinski definition) is 0. The highest BCUT2D eigenvalue weighted by Gasteiger charge is 2.42. The Labute approximate surface area is 98.8 Å². The molecule has 0 spiro atoms. The van der Waals surface area contributed by atoms with Crippen molar-refractivity contribution in [3.8, 4) is 0 Å². The minimum absolute atomic E-state index is 0.0594. The van der Waals surface area contributed by atoms with E-state index in [9.17, 15) is 22.0 Å². The Morgan fingerprint density at radius 3 is 2.65 bits per heavy atom. The fourth-order valence-corrected chi connectivity index (χ4v) is 2.92. The molecule has 0 bridgehead atoms. The zero-order valence-electron chi connectivity index (χ0n) is 9.43. The predicted octanol–water partition coefficient (Wildman–Crippen LogP) is 0.956. The number of piperidine rings is 1. The van der Waals surface area contributed by atoms with Gasteiger partial charge in [0.15, 0.2) is 0 Å². The SMILES string of the molecule is CCOC(=O)C1CCCCN1S(=O)(=O)C(F)F. The molecule has 5 nitrogen and oxygen atoms in total. The van der Waals surface area contributed by atoms with Gasteiger partial charge in [0.2, 0.25) is 0 Å². The van der Waals surface area contributed by atoms with Crippen molar-refractivity contribution in [1.29, 1.82) is 0 Å². The summed E-state index contributed by atoms with van der Waals surface area (Å²) in [7, 11) is -4.71. The van der Waals surface area contributed by atoms with Crippen LogP contribution in [-0.4, -0.2) is 43.6 Å². The Hall–Kier alpha value is -0.760. The topological polar surface area (TPSA) is 63.7 Å². The zero-order chi connectivity index (χ0) is 13.1. The van der Waals surface area contributed by atoms with Gasteiger partial charge in [-0.1, -0.05) is 0 Å². The van der Waals surface area contributed by atoms with Crippen molar-refractivity contribution in [3.63, 3.8) is 0 Å². The number of sulfonamides is 1. The molecule has 1 heterocycles. The van der Waals surface area contributed by atoms with Gasteiger partial charge < -0.3 is 4.74 Å². The lowest BCUT2D eigenvalue weighted by Gasteiger charge is -2.32. The third kappa shape index (κ3) is 3.12. The first-order valence-corrected chi connectivity index (χ1v) is 6.87. The van der Waals surface area contributed by atoms with Gasteiger partial charge in [0.25, 0.3) is 10.0 Å². The van der Waals surface area contributed by atoms with Crippen LogP contribution in [0.15, 0.2) is 0 Å². The normalized spacial score (nSPS) is 22.7. The highest BCUT2D eigenvalue weighted by molar-refractivity contribution is 7.89. The molecule has 100 valence electrons. The van der Waals surface area contributed by atoms with Crippen LogP contribution in [0.4, 0.5) is 8.78 Å². The fraction of sp³-hybridized carbons (Fsp3) is 0.889. The van der Waals surface area contributed by atoms with E-state index in [4.69, 9.17) is 4.74 Å². The molecule has 1 unspecified atom stereocenters. The Balaban J connectivity index is 2.90. The molecule has 1 aliphatic rings. The van der Waals surface area contributed by atoms with Gasteiger partial charge in [0, 0.05) is 6.54 Å². The van der Waals surface area contributed by atoms with Crippen molar-refractivity contribution in [2.75, 3.05) is 13.2 Å². The first kappa shape index (κ1) is 14.3. The highest BCUT2D eigenvalue weighted by atomic mass is 32.2. The van der Waals surface area contributed by atoms with Gasteiger partial charge >= 0.3 is 11.7 Å². The Morgan fingerprint density at radius 2 is 2.12 bits per heavy atom. The molecule has 0 amide bonds. The number of carbonyl (C=O) groups excluding carboxylic acids is 1. The second-order valence-corrected chi connectivity index (χ2v) is 5.54. The summed E-state index contributed by atoms with van der Waals surface area (Å²) < 4.78 is 52.9. The van der Waals surface area contributed by atoms with Crippen LogP contribution in [0.5, 0.6) is 0 Å². The summed E-state index contributed by atoms with van der Waals surface area (Å²) in [6.45, 7) is 1.61. The number of esters is 1. The Morgan fingerprint density at radius 1 is 1.47 bits per heavy atom. The predicted molar refractivity (Wildman–Crippen MR) is 55.9 cm³/mol. The molecule has 0 aromatic heterocycles. The van der Waals surface area contributed by atoms with Gasteiger partial charge in [-0.05, 0) is 26.2 Å². The Bertz CT molecular complexity index is 371. The smallest absolute Gasteiger partial charge is 0.350 e. The zero-order valence-corrected chi connectivity index (χ0v) is 10.3. The van der Waals surface area contributed by atoms with Gasteiger partial charge in [-0.25, -0.2) is 8.42 Å². The van der Waals surface area contributed by atoms with Gasteiger partial charge in [-0.3, -0.25) is 4.79 Å². The van der Waals surface area contributed by atoms with E-state index < -0.39 is 27.8 Å². The summed E-state index contributed by atoms with van der Waals surface area (Å²) in [6, 6.07) is -1.11. The van der Waals surface area contributed by atoms with E-state index in [1.165, 1.54) is 0 Å². The molecule has 8 heteroatoms. The maximum absolute atomic E-state index is 12.4. The summed E-state index contributed by atoms with van der Waals surface area (Å²) in [6.07, 6.45) is 1.32. The maximum atomic E-state index is 12.4. The molecular weight excluding hydrogens is 256 g/mol. The van der Waals surface area contributed by atoms with E-state index in [1.54, 1.807) is 6.92 Å². The van der Waals surface area contributed by atoms with Gasteiger partial charge in [-0.15, -0.1) is 0 Å². The lowest BCUT2D eigenvalue weighted by atomic mass is 10.1. The van der Waals surface area contributed by atoms with Crippen LogP contribution >= 0.6 is 0 Å². The molecule has 1 fully saturated rings. The molecular formula is C9H15F2NO4S. The standard InChI is InChI=1S/C9H15F2NO4S/c1-2-16-8(13)7-5-3-4-6-12(7)17(14,15)9(10)11/h7,9H,2-6H2,1H3. The first-order chi connectivity index (χ1) is 7.91. The van der Waals surface area contributed by atoms with Crippen molar-refractivity contribution in [2.45, 2.75) is 38.0 Å². The molecule has 0 aromatic carbocycles. The molecule has 0 N–H and O–H groups in total. The second kappa shape index (κ2) is 5.72. The minimum Gasteiger partial charge on any atom is -0.465 e. The summed E-state index contributed by atoms with van der Waals surface area (Å²) in [5.41, 5.74) is 0. The van der Waals surface area contributed by atoms with Crippen LogP contribution in [0.25, 0.3) is 0 Å². The number of hydrogen-bond acceptors (Lipinski definition) is 4. The number of alkyl halides is 2. The third-order valence-corrected chi connectivity index (χ3v) is 4.11. The van der Waals surface area contributed by atoms with Crippen molar-refractivity contribution >= 4 is 16.0 Å². The van der Waals surface area contributed by atoms with Gasteiger partial charge in [0.05, 0.1) is 6.61 Å². The molecule has 1 rings (SSSR count). The maximum Gasteiger partial charge on any atom is 0.350 e. The van der Waals surface area contributed by atoms with Crippen LogP contribution in [0.1, 0.15) is 26.2 Å². The number of rotatable bonds is 4. The molecule has 1 atom stereocenters. The van der Waals surface area contributed by atoms with Crippen molar-refractivity contribution in [3.05, 3.63) is 0 Å². The largest absolute Gasteiger partial charge is 0.465 e. The summed E-state index contributed by atoms with van der Waals surface area (Å²) >= 11 is 0. The average molecular weight is 271 g/mol. The molecule has 0 aromatic rings. The summed E-state index contributed by atoms with van der Waals surface area (Å²) in [5, 5.41) is 0.